The fourth-order valence-corrected chi connectivity index (χ4v) is 2.50. The summed E-state index contributed by atoms with van der Waals surface area (Å²) in [5.41, 5.74) is 0.831. The Kier molecular flexibility index (Phi) is 6.99. The Hall–Kier alpha value is -1.26. The molecule has 0 radical (unpaired) electrons. The molecule has 1 aromatic rings. The minimum Gasteiger partial charge on any atom is -0.491 e. The lowest BCUT2D eigenvalue weighted by molar-refractivity contribution is -0.120. The van der Waals surface area contributed by atoms with Crippen LogP contribution >= 0.6 is 12.4 Å². The van der Waals surface area contributed by atoms with Gasteiger partial charge >= 0.3 is 0 Å². The van der Waals surface area contributed by atoms with Crippen LogP contribution in [0.25, 0.3) is 0 Å². The van der Waals surface area contributed by atoms with Crippen molar-refractivity contribution in [2.45, 2.75) is 45.8 Å². The van der Waals surface area contributed by atoms with E-state index in [1.165, 1.54) is 0 Å². The molecule has 0 aromatic heterocycles. The van der Waals surface area contributed by atoms with Crippen molar-refractivity contribution in [1.29, 1.82) is 0 Å². The van der Waals surface area contributed by atoms with Crippen LogP contribution < -0.4 is 15.4 Å². The van der Waals surface area contributed by atoms with Crippen LogP contribution in [0.3, 0.4) is 0 Å². The summed E-state index contributed by atoms with van der Waals surface area (Å²) in [5.74, 6) is 1.06. The number of amides is 1. The van der Waals surface area contributed by atoms with E-state index in [4.69, 9.17) is 4.74 Å². The molecule has 0 unspecified atom stereocenters. The fraction of sp³-hybridized carbons (Fsp3) is 0.562. The van der Waals surface area contributed by atoms with Gasteiger partial charge in [-0.05, 0) is 64.4 Å². The molecule has 2 atom stereocenters. The van der Waals surface area contributed by atoms with Gasteiger partial charge in [0.1, 0.15) is 5.75 Å². The van der Waals surface area contributed by atoms with E-state index in [0.29, 0.717) is 6.04 Å². The van der Waals surface area contributed by atoms with Crippen LogP contribution in [0.1, 0.15) is 33.6 Å². The summed E-state index contributed by atoms with van der Waals surface area (Å²) in [6, 6.07) is 7.97. The Bertz CT molecular complexity index is 448. The van der Waals surface area contributed by atoms with Crippen LogP contribution in [0.2, 0.25) is 0 Å². The summed E-state index contributed by atoms with van der Waals surface area (Å²) in [4.78, 5) is 12.2. The number of carbonyl (C=O) groups excluding carboxylic acids is 1. The first-order valence-corrected chi connectivity index (χ1v) is 7.35. The number of nitrogens with one attached hydrogen (secondary N) is 2. The number of halogens is 1. The third kappa shape index (κ3) is 5.56. The van der Waals surface area contributed by atoms with Crippen molar-refractivity contribution in [3.63, 3.8) is 0 Å². The number of ether oxygens (including phenoxy) is 1. The van der Waals surface area contributed by atoms with E-state index < -0.39 is 0 Å². The zero-order valence-electron chi connectivity index (χ0n) is 12.9. The molecular formula is C16H25ClN2O2. The zero-order chi connectivity index (χ0) is 14.5. The minimum atomic E-state index is 0. The number of piperidine rings is 1. The molecule has 118 valence electrons. The van der Waals surface area contributed by atoms with Crippen molar-refractivity contribution in [2.75, 3.05) is 11.9 Å². The Morgan fingerprint density at radius 3 is 2.57 bits per heavy atom. The molecule has 0 bridgehead atoms. The molecule has 2 rings (SSSR count). The highest BCUT2D eigenvalue weighted by Crippen LogP contribution is 2.20. The van der Waals surface area contributed by atoms with Gasteiger partial charge in [-0.3, -0.25) is 4.79 Å². The molecule has 4 nitrogen and oxygen atoms in total. The topological polar surface area (TPSA) is 50.4 Å². The number of hydrogen-bond donors (Lipinski definition) is 2. The quantitative estimate of drug-likeness (QED) is 0.897. The summed E-state index contributed by atoms with van der Waals surface area (Å²) in [6.07, 6.45) is 1.97. The standard InChI is InChI=1S/C16H24N2O2.ClH/c1-11(2)20-15-6-4-14(5-7-15)18-16(19)13-8-9-17-12(3)10-13;/h4-7,11-13,17H,8-10H2,1-3H3,(H,18,19);1H/t12-,13-;/m0./s1. The van der Waals surface area contributed by atoms with Crippen LogP contribution in [-0.2, 0) is 4.79 Å². The van der Waals surface area contributed by atoms with Crippen LogP contribution in [0.15, 0.2) is 24.3 Å². The molecule has 0 aliphatic carbocycles. The molecule has 21 heavy (non-hydrogen) atoms. The van der Waals surface area contributed by atoms with Crippen LogP contribution in [0.5, 0.6) is 5.75 Å². The number of carbonyl (C=O) groups is 1. The summed E-state index contributed by atoms with van der Waals surface area (Å²) in [5, 5.41) is 6.35. The second-order valence-corrected chi connectivity index (χ2v) is 5.76. The third-order valence-electron chi connectivity index (χ3n) is 3.49. The second-order valence-electron chi connectivity index (χ2n) is 5.76. The minimum absolute atomic E-state index is 0. The molecule has 2 N–H and O–H groups in total. The van der Waals surface area contributed by atoms with Crippen molar-refractivity contribution in [1.82, 2.24) is 5.32 Å². The first-order valence-electron chi connectivity index (χ1n) is 7.35. The highest BCUT2D eigenvalue weighted by atomic mass is 35.5. The maximum Gasteiger partial charge on any atom is 0.227 e. The predicted octanol–water partition coefficient (Wildman–Crippen LogP) is 3.22. The van der Waals surface area contributed by atoms with Gasteiger partial charge in [-0.2, -0.15) is 0 Å². The molecule has 1 aliphatic rings. The number of rotatable bonds is 4. The Balaban J connectivity index is 0.00000220. The van der Waals surface area contributed by atoms with E-state index >= 15 is 0 Å². The zero-order valence-corrected chi connectivity index (χ0v) is 13.7. The Labute approximate surface area is 133 Å². The highest BCUT2D eigenvalue weighted by molar-refractivity contribution is 5.92. The monoisotopic (exact) mass is 312 g/mol. The van der Waals surface area contributed by atoms with Crippen molar-refractivity contribution >= 4 is 24.0 Å². The van der Waals surface area contributed by atoms with Gasteiger partial charge in [0.2, 0.25) is 5.91 Å². The van der Waals surface area contributed by atoms with Crippen LogP contribution in [0.4, 0.5) is 5.69 Å². The van der Waals surface area contributed by atoms with Crippen LogP contribution in [0, 0.1) is 5.92 Å². The van der Waals surface area contributed by atoms with Gasteiger partial charge < -0.3 is 15.4 Å². The average Bonchev–Trinajstić information content (AvgIpc) is 2.40. The van der Waals surface area contributed by atoms with Gasteiger partial charge in [0.15, 0.2) is 0 Å². The fourth-order valence-electron chi connectivity index (χ4n) is 2.50. The molecule has 1 aliphatic heterocycles. The first-order chi connectivity index (χ1) is 9.54. The summed E-state index contributed by atoms with van der Waals surface area (Å²) < 4.78 is 5.58. The summed E-state index contributed by atoms with van der Waals surface area (Å²) >= 11 is 0. The highest BCUT2D eigenvalue weighted by Gasteiger charge is 2.24. The van der Waals surface area contributed by atoms with E-state index in [1.54, 1.807) is 0 Å². The number of anilines is 1. The SMILES string of the molecule is CC(C)Oc1ccc(NC(=O)[C@H]2CCN[C@@H](C)C2)cc1.Cl. The molecular weight excluding hydrogens is 288 g/mol. The van der Waals surface area contributed by atoms with E-state index in [1.807, 2.05) is 38.1 Å². The molecule has 1 aromatic carbocycles. The smallest absolute Gasteiger partial charge is 0.227 e. The molecule has 1 fully saturated rings. The number of hydrogen-bond acceptors (Lipinski definition) is 3. The maximum atomic E-state index is 12.2. The van der Waals surface area contributed by atoms with Crippen molar-refractivity contribution in [3.8, 4) is 5.75 Å². The molecule has 0 saturated carbocycles. The van der Waals surface area contributed by atoms with Gasteiger partial charge in [-0.15, -0.1) is 12.4 Å². The van der Waals surface area contributed by atoms with Crippen molar-refractivity contribution < 1.29 is 9.53 Å². The third-order valence-corrected chi connectivity index (χ3v) is 3.49. The molecule has 5 heteroatoms. The lowest BCUT2D eigenvalue weighted by atomic mass is 9.92. The Morgan fingerprint density at radius 2 is 2.00 bits per heavy atom. The van der Waals surface area contributed by atoms with Crippen LogP contribution in [-0.4, -0.2) is 24.6 Å². The predicted molar refractivity (Wildman–Crippen MR) is 88.3 cm³/mol. The first kappa shape index (κ1) is 17.8. The van der Waals surface area contributed by atoms with Gasteiger partial charge in [0.25, 0.3) is 0 Å². The molecule has 0 spiro atoms. The van der Waals surface area contributed by atoms with Gasteiger partial charge in [-0.1, -0.05) is 0 Å². The molecule has 1 amide bonds. The largest absolute Gasteiger partial charge is 0.491 e. The summed E-state index contributed by atoms with van der Waals surface area (Å²) in [6.45, 7) is 7.03. The van der Waals surface area contributed by atoms with Gasteiger partial charge in [0, 0.05) is 17.6 Å². The van der Waals surface area contributed by atoms with E-state index in [9.17, 15) is 4.79 Å². The normalized spacial score (nSPS) is 21.5. The summed E-state index contributed by atoms with van der Waals surface area (Å²) in [7, 11) is 0. The van der Waals surface area contributed by atoms with E-state index in [0.717, 1.165) is 30.8 Å². The number of benzene rings is 1. The van der Waals surface area contributed by atoms with Crippen molar-refractivity contribution in [2.24, 2.45) is 5.92 Å². The van der Waals surface area contributed by atoms with Gasteiger partial charge in [-0.25, -0.2) is 0 Å². The molecule has 1 saturated heterocycles. The van der Waals surface area contributed by atoms with Crippen molar-refractivity contribution in [3.05, 3.63) is 24.3 Å². The molecule has 1 heterocycles. The van der Waals surface area contributed by atoms with E-state index in [-0.39, 0.29) is 30.3 Å². The lowest BCUT2D eigenvalue weighted by Gasteiger charge is -2.27. The lowest BCUT2D eigenvalue weighted by Crippen LogP contribution is -2.40. The average molecular weight is 313 g/mol. The van der Waals surface area contributed by atoms with Gasteiger partial charge in [0.05, 0.1) is 6.10 Å². The second kappa shape index (κ2) is 8.25. The Morgan fingerprint density at radius 1 is 1.33 bits per heavy atom. The maximum absolute atomic E-state index is 12.2. The van der Waals surface area contributed by atoms with E-state index in [2.05, 4.69) is 17.6 Å².